The predicted octanol–water partition coefficient (Wildman–Crippen LogP) is 3.27. The molecule has 0 aromatic carbocycles. The number of aromatic nitrogens is 2. The van der Waals surface area contributed by atoms with Crippen LogP contribution in [0.2, 0.25) is 0 Å². The number of anilines is 1. The summed E-state index contributed by atoms with van der Waals surface area (Å²) in [5.41, 5.74) is 0.866. The molecule has 0 fully saturated rings. The molecule has 3 aromatic heterocycles. The number of amides is 1. The molecule has 3 aromatic rings. The maximum Gasteiger partial charge on any atom is 0.293 e. The molecule has 0 unspecified atom stereocenters. The highest BCUT2D eigenvalue weighted by molar-refractivity contribution is 7.13. The van der Waals surface area contributed by atoms with Crippen molar-refractivity contribution in [3.05, 3.63) is 59.3 Å². The lowest BCUT2D eigenvalue weighted by Gasteiger charge is -2.02. The van der Waals surface area contributed by atoms with Gasteiger partial charge in [0.2, 0.25) is 0 Å². The van der Waals surface area contributed by atoms with Gasteiger partial charge in [-0.25, -0.2) is 4.98 Å². The summed E-state index contributed by atoms with van der Waals surface area (Å²) in [6.07, 6.45) is 3.28. The quantitative estimate of drug-likeness (QED) is 0.782. The van der Waals surface area contributed by atoms with Crippen molar-refractivity contribution in [1.82, 2.24) is 9.97 Å². The number of hydrogen-bond donors (Lipinski definition) is 1. The van der Waals surface area contributed by atoms with Crippen molar-refractivity contribution in [3.8, 4) is 5.75 Å². The topological polar surface area (TPSA) is 77.2 Å². The first-order valence-corrected chi connectivity index (χ1v) is 7.44. The maximum atomic E-state index is 12.0. The molecule has 7 heteroatoms. The van der Waals surface area contributed by atoms with Crippen molar-refractivity contribution in [1.29, 1.82) is 0 Å². The smallest absolute Gasteiger partial charge is 0.293 e. The molecule has 0 bridgehead atoms. The molecule has 0 aliphatic heterocycles. The van der Waals surface area contributed by atoms with Crippen LogP contribution < -0.4 is 10.1 Å². The van der Waals surface area contributed by atoms with Gasteiger partial charge < -0.3 is 9.15 Å². The molecule has 112 valence electrons. The zero-order valence-corrected chi connectivity index (χ0v) is 12.6. The Hall–Kier alpha value is -2.67. The van der Waals surface area contributed by atoms with Crippen molar-refractivity contribution in [2.45, 2.75) is 13.5 Å². The lowest BCUT2D eigenvalue weighted by molar-refractivity contribution is 0.0992. The van der Waals surface area contributed by atoms with Crippen molar-refractivity contribution >= 4 is 22.4 Å². The van der Waals surface area contributed by atoms with E-state index in [-0.39, 0.29) is 18.3 Å². The second-order valence-corrected chi connectivity index (χ2v) is 5.35. The minimum atomic E-state index is -0.332. The maximum absolute atomic E-state index is 12.0. The van der Waals surface area contributed by atoms with Gasteiger partial charge >= 0.3 is 0 Å². The largest absolute Gasteiger partial charge is 0.484 e. The lowest BCUT2D eigenvalue weighted by atomic mass is 10.4. The van der Waals surface area contributed by atoms with Crippen LogP contribution in [0.5, 0.6) is 5.75 Å². The number of hydrogen-bond acceptors (Lipinski definition) is 6. The Bertz CT molecular complexity index is 767. The van der Waals surface area contributed by atoms with E-state index in [1.54, 1.807) is 36.7 Å². The third-order valence-corrected chi connectivity index (χ3v) is 3.62. The number of nitrogens with zero attached hydrogens (tertiary/aromatic N) is 2. The van der Waals surface area contributed by atoms with Gasteiger partial charge in [-0.2, -0.15) is 0 Å². The third-order valence-electron chi connectivity index (χ3n) is 2.74. The molecule has 0 radical (unpaired) electrons. The summed E-state index contributed by atoms with van der Waals surface area (Å²) >= 11 is 1.37. The van der Waals surface area contributed by atoms with Crippen LogP contribution in [0.4, 0.5) is 5.13 Å². The Labute approximate surface area is 130 Å². The van der Waals surface area contributed by atoms with Gasteiger partial charge in [0.15, 0.2) is 10.9 Å². The van der Waals surface area contributed by atoms with E-state index in [0.29, 0.717) is 16.6 Å². The second kappa shape index (κ2) is 6.40. The van der Waals surface area contributed by atoms with Crippen molar-refractivity contribution in [2.24, 2.45) is 0 Å². The first-order chi connectivity index (χ1) is 10.7. The van der Waals surface area contributed by atoms with Crippen LogP contribution in [-0.2, 0) is 6.61 Å². The van der Waals surface area contributed by atoms with E-state index < -0.39 is 0 Å². The summed E-state index contributed by atoms with van der Waals surface area (Å²) in [5, 5.41) is 5.10. The number of pyridine rings is 1. The Kier molecular flexibility index (Phi) is 4.15. The van der Waals surface area contributed by atoms with E-state index in [2.05, 4.69) is 15.3 Å². The molecule has 0 spiro atoms. The average Bonchev–Trinajstić information content (AvgIpc) is 3.15. The number of carbonyl (C=O) groups excluding carboxylic acids is 1. The standard InChI is InChI=1S/C15H13N3O3S/c1-10-9-22-15(17-10)18-14(19)13-5-4-12(21-13)8-20-11-3-2-6-16-7-11/h2-7,9H,8H2,1H3,(H,17,18,19). The van der Waals surface area contributed by atoms with Gasteiger partial charge in [0, 0.05) is 11.6 Å². The fourth-order valence-corrected chi connectivity index (χ4v) is 2.42. The predicted molar refractivity (Wildman–Crippen MR) is 82.1 cm³/mol. The van der Waals surface area contributed by atoms with Crippen molar-refractivity contribution in [2.75, 3.05) is 5.32 Å². The van der Waals surface area contributed by atoms with E-state index in [9.17, 15) is 4.79 Å². The van der Waals surface area contributed by atoms with E-state index in [1.165, 1.54) is 11.3 Å². The molecule has 3 heterocycles. The number of aryl methyl sites for hydroxylation is 1. The Morgan fingerprint density at radius 1 is 1.41 bits per heavy atom. The van der Waals surface area contributed by atoms with Crippen LogP contribution in [-0.4, -0.2) is 15.9 Å². The highest BCUT2D eigenvalue weighted by atomic mass is 32.1. The van der Waals surface area contributed by atoms with Gasteiger partial charge in [-0.15, -0.1) is 11.3 Å². The van der Waals surface area contributed by atoms with Crippen LogP contribution >= 0.6 is 11.3 Å². The summed E-state index contributed by atoms with van der Waals surface area (Å²) in [7, 11) is 0. The van der Waals surface area contributed by atoms with Crippen molar-refractivity contribution in [3.63, 3.8) is 0 Å². The molecule has 1 amide bonds. The molecular weight excluding hydrogens is 302 g/mol. The normalized spacial score (nSPS) is 10.4. The van der Waals surface area contributed by atoms with Crippen LogP contribution in [0.25, 0.3) is 0 Å². The zero-order valence-electron chi connectivity index (χ0n) is 11.8. The molecule has 22 heavy (non-hydrogen) atoms. The monoisotopic (exact) mass is 315 g/mol. The number of rotatable bonds is 5. The Morgan fingerprint density at radius 3 is 3.05 bits per heavy atom. The second-order valence-electron chi connectivity index (χ2n) is 4.49. The molecule has 1 N–H and O–H groups in total. The van der Waals surface area contributed by atoms with Crippen LogP contribution in [0, 0.1) is 6.92 Å². The van der Waals surface area contributed by atoms with Gasteiger partial charge in [-0.1, -0.05) is 0 Å². The van der Waals surface area contributed by atoms with E-state index in [1.807, 2.05) is 12.3 Å². The summed E-state index contributed by atoms with van der Waals surface area (Å²) in [6.45, 7) is 2.10. The third kappa shape index (κ3) is 3.50. The van der Waals surface area contributed by atoms with Crippen molar-refractivity contribution < 1.29 is 13.9 Å². The highest BCUT2D eigenvalue weighted by Gasteiger charge is 2.13. The van der Waals surface area contributed by atoms with Crippen LogP contribution in [0.15, 0.2) is 46.5 Å². The Balaban J connectivity index is 1.59. The van der Waals surface area contributed by atoms with Gasteiger partial charge in [0.05, 0.1) is 11.9 Å². The molecular formula is C15H13N3O3S. The minimum Gasteiger partial charge on any atom is -0.484 e. The summed E-state index contributed by atoms with van der Waals surface area (Å²) in [5.74, 6) is 1.09. The van der Waals surface area contributed by atoms with Crippen LogP contribution in [0.3, 0.4) is 0 Å². The van der Waals surface area contributed by atoms with Gasteiger partial charge in [-0.05, 0) is 31.2 Å². The fraction of sp³-hybridized carbons (Fsp3) is 0.133. The first kappa shape index (κ1) is 14.3. The van der Waals surface area contributed by atoms with E-state index >= 15 is 0 Å². The first-order valence-electron chi connectivity index (χ1n) is 6.56. The molecule has 0 saturated carbocycles. The lowest BCUT2D eigenvalue weighted by Crippen LogP contribution is -2.10. The number of carbonyl (C=O) groups is 1. The summed E-state index contributed by atoms with van der Waals surface area (Å²) < 4.78 is 11.0. The molecule has 0 aliphatic carbocycles. The van der Waals surface area contributed by atoms with Gasteiger partial charge in [-0.3, -0.25) is 15.1 Å². The minimum absolute atomic E-state index is 0.220. The molecule has 6 nitrogen and oxygen atoms in total. The molecule has 3 rings (SSSR count). The zero-order chi connectivity index (χ0) is 15.4. The number of ether oxygens (including phenoxy) is 1. The average molecular weight is 315 g/mol. The molecule has 0 aliphatic rings. The van der Waals surface area contributed by atoms with E-state index in [4.69, 9.17) is 9.15 Å². The van der Waals surface area contributed by atoms with Gasteiger partial charge in [0.1, 0.15) is 18.1 Å². The van der Waals surface area contributed by atoms with E-state index in [0.717, 1.165) is 5.69 Å². The summed E-state index contributed by atoms with van der Waals surface area (Å²) in [4.78, 5) is 20.1. The molecule has 0 atom stereocenters. The highest BCUT2D eigenvalue weighted by Crippen LogP contribution is 2.17. The number of furan rings is 1. The SMILES string of the molecule is Cc1csc(NC(=O)c2ccc(COc3cccnc3)o2)n1. The van der Waals surface area contributed by atoms with Crippen LogP contribution in [0.1, 0.15) is 22.0 Å². The molecule has 0 saturated heterocycles. The fourth-order valence-electron chi connectivity index (χ4n) is 1.73. The van der Waals surface area contributed by atoms with Gasteiger partial charge in [0.25, 0.3) is 5.91 Å². The Morgan fingerprint density at radius 2 is 2.32 bits per heavy atom. The number of thiazole rings is 1. The number of nitrogens with one attached hydrogen (secondary N) is 1. The summed E-state index contributed by atoms with van der Waals surface area (Å²) in [6, 6.07) is 6.90.